The summed E-state index contributed by atoms with van der Waals surface area (Å²) < 4.78 is 4.91. The maximum atomic E-state index is 13.9. The number of carbonyl (C=O) groups excluding carboxylic acids is 5. The summed E-state index contributed by atoms with van der Waals surface area (Å²) in [6.07, 6.45) is 1.06. The minimum Gasteiger partial charge on any atom is -0.543 e. The van der Waals surface area contributed by atoms with Crippen molar-refractivity contribution in [1.29, 1.82) is 0 Å². The molecule has 1 aromatic heterocycles. The first kappa shape index (κ1) is 36.3. The number of hydrogen-bond acceptors (Lipinski definition) is 13. The van der Waals surface area contributed by atoms with Crippen molar-refractivity contribution in [2.45, 2.75) is 24.4 Å². The largest absolute Gasteiger partial charge is 1.00 e. The molecule has 2 aliphatic heterocycles. The van der Waals surface area contributed by atoms with Crippen LogP contribution in [0.15, 0.2) is 66.0 Å². The molecule has 3 aromatic rings. The van der Waals surface area contributed by atoms with E-state index in [4.69, 9.17) is 22.1 Å². The number of primary amides is 1. The molecule has 2 unspecified atom stereocenters. The molecule has 2 aromatic carbocycles. The Bertz CT molecular complexity index is 1800. The van der Waals surface area contributed by atoms with Gasteiger partial charge < -0.3 is 41.2 Å². The number of carboxylic acids is 1. The number of nitrogens with two attached hydrogens (primary N) is 1. The Hall–Kier alpha value is -4.55. The molecule has 3 heterocycles. The van der Waals surface area contributed by atoms with Crippen molar-refractivity contribution in [3.8, 4) is 11.6 Å². The van der Waals surface area contributed by atoms with Crippen molar-refractivity contribution in [2.24, 2.45) is 5.73 Å². The van der Waals surface area contributed by atoms with Crippen LogP contribution in [0.5, 0.6) is 11.6 Å². The number of nitrogens with one attached hydrogen (secondary N) is 2. The zero-order chi connectivity index (χ0) is 34.0. The number of esters is 1. The minimum atomic E-state index is -1.66. The molecule has 4 amide bonds. The Morgan fingerprint density at radius 1 is 1.17 bits per heavy atom. The van der Waals surface area contributed by atoms with E-state index in [-0.39, 0.29) is 70.4 Å². The van der Waals surface area contributed by atoms with E-state index < -0.39 is 58.8 Å². The fourth-order valence-electron chi connectivity index (χ4n) is 4.92. The molecule has 16 nitrogen and oxygen atoms in total. The van der Waals surface area contributed by atoms with Crippen LogP contribution in [0.2, 0.25) is 5.02 Å². The number of fused-ring (bicyclic) bond motifs is 1. The smallest absolute Gasteiger partial charge is 0.543 e. The first-order valence-electron chi connectivity index (χ1n) is 13.6. The van der Waals surface area contributed by atoms with Crippen LogP contribution < -0.4 is 55.9 Å². The number of ether oxygens (including phenoxy) is 1. The molecule has 1 saturated heterocycles. The summed E-state index contributed by atoms with van der Waals surface area (Å²) in [7, 11) is 0. The van der Waals surface area contributed by atoms with Gasteiger partial charge in [-0.05, 0) is 42.0 Å². The molecule has 6 N–H and O–H groups in total. The zero-order valence-electron chi connectivity index (χ0n) is 25.2. The van der Waals surface area contributed by atoms with Gasteiger partial charge in [-0.2, -0.15) is 4.98 Å². The molecule has 3 atom stereocenters. The van der Waals surface area contributed by atoms with Gasteiger partial charge in [0, 0.05) is 29.0 Å². The first-order valence-corrected chi connectivity index (χ1v) is 15.1. The van der Waals surface area contributed by atoms with Gasteiger partial charge in [-0.15, -0.1) is 11.8 Å². The number of nitrogens with zero attached hydrogens (tertiary/aromatic N) is 4. The van der Waals surface area contributed by atoms with Crippen molar-refractivity contribution in [2.75, 3.05) is 22.6 Å². The fourth-order valence-corrected chi connectivity index (χ4v) is 6.38. The monoisotopic (exact) mass is 705 g/mol. The van der Waals surface area contributed by atoms with Gasteiger partial charge in [-0.1, -0.05) is 23.7 Å². The van der Waals surface area contributed by atoms with E-state index in [0.717, 1.165) is 29.8 Å². The average Bonchev–Trinajstić information content (AvgIpc) is 3.02. The molecule has 0 aliphatic carbocycles. The molecule has 0 bridgehead atoms. The van der Waals surface area contributed by atoms with E-state index >= 15 is 0 Å². The minimum absolute atomic E-state index is 0. The number of rotatable bonds is 10. The third-order valence-electron chi connectivity index (χ3n) is 7.05. The number of aromatic hydroxyl groups is 2. The summed E-state index contributed by atoms with van der Waals surface area (Å²) in [5, 5.41) is 37.7. The molecular weight excluding hydrogens is 681 g/mol. The van der Waals surface area contributed by atoms with E-state index in [1.54, 1.807) is 24.3 Å². The molecule has 2 aliphatic rings. The van der Waals surface area contributed by atoms with Crippen molar-refractivity contribution in [1.82, 2.24) is 20.2 Å². The third kappa shape index (κ3) is 7.60. The quantitative estimate of drug-likeness (QED) is 0.0863. The molecule has 0 radical (unpaired) electrons. The fraction of sp³-hybridized carbons (Fsp3) is 0.207. The summed E-state index contributed by atoms with van der Waals surface area (Å²) in [6, 6.07) is 7.56. The van der Waals surface area contributed by atoms with E-state index in [0.29, 0.717) is 15.6 Å². The summed E-state index contributed by atoms with van der Waals surface area (Å²) in [4.78, 5) is 73.0. The molecular formula is C29H25ClN7NaO9S. The van der Waals surface area contributed by atoms with Crippen molar-refractivity contribution < 1.29 is 73.6 Å². The van der Waals surface area contributed by atoms with Crippen LogP contribution in [-0.4, -0.2) is 78.6 Å². The second-order valence-electron chi connectivity index (χ2n) is 10.2. The predicted octanol–water partition coefficient (Wildman–Crippen LogP) is -2.12. The van der Waals surface area contributed by atoms with E-state index in [1.807, 2.05) is 0 Å². The number of anilines is 3. The number of phenols is 1. The number of carbonyl (C=O) groups is 5. The maximum absolute atomic E-state index is 13.9. The Morgan fingerprint density at radius 2 is 1.83 bits per heavy atom. The number of carboxylic acid groups (broad SMARTS) is 1. The van der Waals surface area contributed by atoms with Gasteiger partial charge in [-0.3, -0.25) is 24.2 Å². The third-order valence-corrected chi connectivity index (χ3v) is 8.64. The standard InChI is InChI=1S/C29H26ClN7O9S.Na/c1-13(38)46-11-15-12-47-26-20(25(42)37(26)22(15)27(43)44)34-24(41)21(14-2-8-18(39)9-3-14)36(28(31)45)19-10-32-29(35-23(19)40)33-17-6-4-16(30)5-7-17;/h2-10,20-21,26,39H,11-12H2,1H3,(H2,31,45)(H,34,41)(H,43,44)(H2,32,33,35,40);/q;+1/p-1/t20?,21?,26-;/m0./s1. The van der Waals surface area contributed by atoms with E-state index in [1.165, 1.54) is 24.3 Å². The van der Waals surface area contributed by atoms with Crippen LogP contribution in [0.4, 0.5) is 22.1 Å². The van der Waals surface area contributed by atoms with Gasteiger partial charge in [0.1, 0.15) is 35.5 Å². The first-order chi connectivity index (χ1) is 22.3. The SMILES string of the molecule is CC(=O)OCC1=C(C(=O)[O-])N2C(=O)C(NC(=O)C(c3ccc(O)cc3)N(C(N)=O)c3cnc(Nc4ccc(Cl)cc4)nc3O)[C@@H]2SC1.[Na+]. The average molecular weight is 706 g/mol. The molecule has 5 rings (SSSR count). The summed E-state index contributed by atoms with van der Waals surface area (Å²) >= 11 is 7.02. The number of β-lactam (4-membered cyclic amide) rings is 1. The van der Waals surface area contributed by atoms with Gasteiger partial charge in [0.25, 0.3) is 5.91 Å². The van der Waals surface area contributed by atoms with Crippen molar-refractivity contribution >= 4 is 70.5 Å². The molecule has 1 fully saturated rings. The number of hydrogen-bond donors (Lipinski definition) is 5. The Balaban J connectivity index is 0.00000520. The maximum Gasteiger partial charge on any atom is 1.00 e. The number of phenolic OH excluding ortho intramolecular Hbond substituents is 1. The Morgan fingerprint density at radius 3 is 2.42 bits per heavy atom. The molecule has 0 spiro atoms. The van der Waals surface area contributed by atoms with Gasteiger partial charge in [0.05, 0.1) is 17.9 Å². The molecule has 19 heteroatoms. The van der Waals surface area contributed by atoms with Crippen LogP contribution in [-0.2, 0) is 23.9 Å². The number of thioether (sulfide) groups is 1. The van der Waals surface area contributed by atoms with Crippen LogP contribution in [0.25, 0.3) is 0 Å². The van der Waals surface area contributed by atoms with Crippen LogP contribution in [0.3, 0.4) is 0 Å². The van der Waals surface area contributed by atoms with Crippen molar-refractivity contribution in [3.63, 3.8) is 0 Å². The number of aliphatic carboxylic acids is 1. The predicted molar refractivity (Wildman–Crippen MR) is 165 cm³/mol. The second kappa shape index (κ2) is 15.1. The molecule has 48 heavy (non-hydrogen) atoms. The van der Waals surface area contributed by atoms with Gasteiger partial charge in [0.2, 0.25) is 17.7 Å². The Labute approximate surface area is 303 Å². The topological polar surface area (TPSA) is 240 Å². The zero-order valence-corrected chi connectivity index (χ0v) is 28.8. The summed E-state index contributed by atoms with van der Waals surface area (Å²) in [5.74, 6) is -4.96. The number of halogens is 1. The number of amides is 4. The van der Waals surface area contributed by atoms with Gasteiger partial charge in [-0.25, -0.2) is 9.78 Å². The van der Waals surface area contributed by atoms with Gasteiger partial charge in [0.15, 0.2) is 0 Å². The summed E-state index contributed by atoms with van der Waals surface area (Å²) in [6.45, 7) is 0.784. The van der Waals surface area contributed by atoms with E-state index in [2.05, 4.69) is 20.6 Å². The van der Waals surface area contributed by atoms with Crippen LogP contribution >= 0.6 is 23.4 Å². The number of urea groups is 1. The van der Waals surface area contributed by atoms with Crippen LogP contribution in [0.1, 0.15) is 18.5 Å². The van der Waals surface area contributed by atoms with Crippen LogP contribution in [0, 0.1) is 0 Å². The Kier molecular flexibility index (Phi) is 11.4. The normalized spacial score (nSPS) is 17.2. The van der Waals surface area contributed by atoms with Gasteiger partial charge >= 0.3 is 41.6 Å². The summed E-state index contributed by atoms with van der Waals surface area (Å²) in [5.41, 5.74) is 5.68. The molecule has 0 saturated carbocycles. The molecule has 244 valence electrons. The number of aromatic nitrogens is 2. The van der Waals surface area contributed by atoms with Crippen molar-refractivity contribution in [3.05, 3.63) is 76.6 Å². The van der Waals surface area contributed by atoms with E-state index in [9.17, 15) is 39.3 Å². The second-order valence-corrected chi connectivity index (χ2v) is 11.7. The number of benzene rings is 2.